The lowest BCUT2D eigenvalue weighted by Crippen LogP contribution is -2.60. The van der Waals surface area contributed by atoms with E-state index in [0.29, 0.717) is 81.7 Å². The summed E-state index contributed by atoms with van der Waals surface area (Å²) >= 11 is 0. The van der Waals surface area contributed by atoms with Crippen molar-refractivity contribution >= 4 is 29.7 Å². The number of aliphatic hydroxyl groups excluding tert-OH is 1. The van der Waals surface area contributed by atoms with Crippen molar-refractivity contribution in [1.82, 2.24) is 4.90 Å². The lowest BCUT2D eigenvalue weighted by atomic mass is 9.80. The molecule has 3 fully saturated rings. The molecule has 2 aliphatic heterocycles. The zero-order valence-corrected chi connectivity index (χ0v) is 40.8. The molecular weight excluding hydrogens is 831 g/mol. The Kier molecular flexibility index (Phi) is 23.1. The van der Waals surface area contributed by atoms with Crippen molar-refractivity contribution in [1.29, 1.82) is 0 Å². The Balaban J connectivity index is 1.75. The van der Waals surface area contributed by atoms with Crippen LogP contribution in [0.4, 0.5) is 0 Å². The van der Waals surface area contributed by atoms with Gasteiger partial charge in [-0.1, -0.05) is 77.7 Å². The number of esters is 1. The summed E-state index contributed by atoms with van der Waals surface area (Å²) in [5.74, 6) is -6.65. The third-order valence-corrected chi connectivity index (χ3v) is 13.5. The van der Waals surface area contributed by atoms with Crippen LogP contribution in [0.2, 0.25) is 0 Å². The number of ether oxygens (including phenoxy) is 5. The number of piperidine rings is 1. The average molecular weight is 910 g/mol. The molecule has 0 radical (unpaired) electrons. The molecule has 12 unspecified atom stereocenters. The molecule has 1 saturated carbocycles. The maximum absolute atomic E-state index is 14.2. The number of carbonyl (C=O) groups excluding carboxylic acids is 5. The van der Waals surface area contributed by atoms with Crippen LogP contribution in [0.3, 0.4) is 0 Å². The highest BCUT2D eigenvalue weighted by molar-refractivity contribution is 6.39. The van der Waals surface area contributed by atoms with E-state index in [4.69, 9.17) is 23.7 Å². The summed E-state index contributed by atoms with van der Waals surface area (Å²) in [6.45, 7) is 17.8. The Morgan fingerprint density at radius 3 is 2.32 bits per heavy atom. The molecule has 2 N–H and O–H groups in total. The van der Waals surface area contributed by atoms with Gasteiger partial charge in [0, 0.05) is 58.1 Å². The molecule has 0 aromatic heterocycles. The summed E-state index contributed by atoms with van der Waals surface area (Å²) in [4.78, 5) is 68.4. The third kappa shape index (κ3) is 16.5. The van der Waals surface area contributed by atoms with Gasteiger partial charge in [-0.25, -0.2) is 4.79 Å². The number of Topliss-reactive ketones (excluding diaryl/α,β-unsaturated/α-hetero) is 1. The highest BCUT2D eigenvalue weighted by Gasteiger charge is 2.53. The predicted octanol–water partition coefficient (Wildman–Crippen LogP) is 7.75. The standard InChI is InChI=1S/C52H79NO12/c1-33(25-36(4)39(7)32-61-9)17-13-12-14-18-35(3)46(62-10)29-42-22-20-40(8)52(60,65-42)49(57)50(58)53-24-16-15-19-43(53)51(59)64-47(30-45(56)37(5)26-34(2)31-54)38(6)27-41-21-23-44(55)48(28-41)63-11/h12-14,17-18,26,30-31,33,36-38,40-44,46,48,55,60H,7,15-16,19-25,27-29,32H2,1-6,8-11H3/b14-12+,17-13+,34-26+,35-18+,47-30-. The van der Waals surface area contributed by atoms with Crippen LogP contribution in [-0.4, -0.2) is 116 Å². The predicted molar refractivity (Wildman–Crippen MR) is 250 cm³/mol. The van der Waals surface area contributed by atoms with E-state index in [2.05, 4.69) is 26.5 Å². The van der Waals surface area contributed by atoms with E-state index in [1.807, 2.05) is 38.2 Å². The van der Waals surface area contributed by atoms with Crippen molar-refractivity contribution in [3.63, 3.8) is 0 Å². The van der Waals surface area contributed by atoms with E-state index >= 15 is 0 Å². The number of amides is 1. The fourth-order valence-corrected chi connectivity index (χ4v) is 9.20. The van der Waals surface area contributed by atoms with Crippen LogP contribution in [0.25, 0.3) is 0 Å². The summed E-state index contributed by atoms with van der Waals surface area (Å²) in [5, 5.41) is 22.3. The lowest BCUT2D eigenvalue weighted by Gasteiger charge is -2.42. The first-order valence-electron chi connectivity index (χ1n) is 23.6. The molecule has 2 saturated heterocycles. The number of rotatable bonds is 24. The van der Waals surface area contributed by atoms with Gasteiger partial charge in [0.1, 0.15) is 18.1 Å². The van der Waals surface area contributed by atoms with Crippen LogP contribution in [0.5, 0.6) is 0 Å². The van der Waals surface area contributed by atoms with Crippen molar-refractivity contribution in [2.45, 2.75) is 155 Å². The molecule has 13 nitrogen and oxygen atoms in total. The molecule has 0 spiro atoms. The molecule has 0 aromatic carbocycles. The van der Waals surface area contributed by atoms with E-state index in [9.17, 15) is 34.2 Å². The number of aldehydes is 1. The summed E-state index contributed by atoms with van der Waals surface area (Å²) in [7, 11) is 4.83. The molecule has 13 heteroatoms. The van der Waals surface area contributed by atoms with E-state index in [1.54, 1.807) is 42.1 Å². The van der Waals surface area contributed by atoms with Crippen LogP contribution in [0, 0.1) is 35.5 Å². The van der Waals surface area contributed by atoms with Crippen molar-refractivity contribution < 1.29 is 57.9 Å². The maximum Gasteiger partial charge on any atom is 0.333 e. The number of aliphatic hydroxyl groups is 2. The Hall–Kier alpha value is -3.85. The monoisotopic (exact) mass is 910 g/mol. The second-order valence-electron chi connectivity index (χ2n) is 18.9. The van der Waals surface area contributed by atoms with Crippen LogP contribution in [0.1, 0.15) is 119 Å². The number of methoxy groups -OCH3 is 3. The molecule has 3 aliphatic rings. The number of nitrogens with zero attached hydrogens (tertiary/aromatic N) is 1. The number of allylic oxidation sites excluding steroid dienone is 9. The topological polar surface area (TPSA) is 175 Å². The summed E-state index contributed by atoms with van der Waals surface area (Å²) in [6.07, 6.45) is 17.6. The first kappa shape index (κ1) is 55.5. The minimum absolute atomic E-state index is 0.0853. The maximum atomic E-state index is 14.2. The van der Waals surface area contributed by atoms with Gasteiger partial charge in [-0.3, -0.25) is 19.2 Å². The number of hydrogen-bond donors (Lipinski definition) is 2. The number of carbonyl (C=O) groups is 5. The molecule has 65 heavy (non-hydrogen) atoms. The molecule has 0 bridgehead atoms. The highest BCUT2D eigenvalue weighted by Crippen LogP contribution is 2.37. The fraction of sp³-hybridized carbons (Fsp3) is 0.673. The molecule has 3 rings (SSSR count). The van der Waals surface area contributed by atoms with Crippen LogP contribution >= 0.6 is 0 Å². The van der Waals surface area contributed by atoms with Crippen molar-refractivity contribution in [3.8, 4) is 0 Å². The first-order valence-corrected chi connectivity index (χ1v) is 23.6. The van der Waals surface area contributed by atoms with Crippen molar-refractivity contribution in [3.05, 3.63) is 71.6 Å². The van der Waals surface area contributed by atoms with Gasteiger partial charge in [0.05, 0.1) is 31.0 Å². The van der Waals surface area contributed by atoms with E-state index < -0.39 is 59.5 Å². The molecule has 0 aromatic rings. The smallest absolute Gasteiger partial charge is 0.333 e. The minimum atomic E-state index is -2.43. The molecule has 364 valence electrons. The highest BCUT2D eigenvalue weighted by atomic mass is 16.6. The molecule has 1 aliphatic carbocycles. The first-order chi connectivity index (χ1) is 30.8. The van der Waals surface area contributed by atoms with Crippen molar-refractivity contribution in [2.75, 3.05) is 34.5 Å². The summed E-state index contributed by atoms with van der Waals surface area (Å²) in [6, 6.07) is -1.15. The molecular formula is C52H79NO12. The van der Waals surface area contributed by atoms with Gasteiger partial charge in [0.2, 0.25) is 5.79 Å². The SMILES string of the molecule is C=C(COC)C(C)CC(C)/C=C/C=C/C=C(\C)C(CC1CCC(C)C(O)(C(=O)C(=O)N2CCCCC2C(=O)O/C(=C\C(=O)C(C)/C=C(\C)C=O)C(C)CC2CCC(O)C(OC)C2)O1)OC. The van der Waals surface area contributed by atoms with Crippen LogP contribution in [0.15, 0.2) is 71.6 Å². The molecule has 2 heterocycles. The summed E-state index contributed by atoms with van der Waals surface area (Å²) < 4.78 is 28.8. The fourth-order valence-electron chi connectivity index (χ4n) is 9.20. The van der Waals surface area contributed by atoms with E-state index in [1.165, 1.54) is 17.1 Å². The van der Waals surface area contributed by atoms with Gasteiger partial charge >= 0.3 is 5.97 Å². The largest absolute Gasteiger partial charge is 0.429 e. The van der Waals surface area contributed by atoms with E-state index in [-0.39, 0.29) is 42.6 Å². The number of hydrogen-bond acceptors (Lipinski definition) is 12. The van der Waals surface area contributed by atoms with E-state index in [0.717, 1.165) is 24.0 Å². The molecule has 12 atom stereocenters. The Bertz CT molecular complexity index is 1780. The van der Waals surface area contributed by atoms with Crippen LogP contribution < -0.4 is 0 Å². The van der Waals surface area contributed by atoms with Gasteiger partial charge in [0.25, 0.3) is 11.7 Å². The Morgan fingerprint density at radius 1 is 0.938 bits per heavy atom. The normalized spacial score (nSPS) is 28.4. The zero-order valence-electron chi connectivity index (χ0n) is 40.8. The second kappa shape index (κ2) is 27.1. The Morgan fingerprint density at radius 2 is 1.66 bits per heavy atom. The Labute approximate surface area is 388 Å². The van der Waals surface area contributed by atoms with Gasteiger partial charge in [-0.2, -0.15) is 0 Å². The quantitative estimate of drug-likeness (QED) is 0.0184. The third-order valence-electron chi connectivity index (χ3n) is 13.5. The number of ketones is 2. The van der Waals surface area contributed by atoms with Gasteiger partial charge in [-0.15, -0.1) is 0 Å². The average Bonchev–Trinajstić information content (AvgIpc) is 3.28. The minimum Gasteiger partial charge on any atom is -0.429 e. The lowest BCUT2D eigenvalue weighted by molar-refractivity contribution is -0.265. The van der Waals surface area contributed by atoms with Crippen LogP contribution in [-0.2, 0) is 47.7 Å². The van der Waals surface area contributed by atoms with Gasteiger partial charge in [-0.05, 0) is 113 Å². The summed E-state index contributed by atoms with van der Waals surface area (Å²) in [5.41, 5.74) is 2.38. The number of likely N-dealkylation sites (tertiary alicyclic amines) is 1. The van der Waals surface area contributed by atoms with Gasteiger partial charge < -0.3 is 38.8 Å². The second-order valence-corrected chi connectivity index (χ2v) is 18.9. The molecule has 1 amide bonds. The van der Waals surface area contributed by atoms with Gasteiger partial charge in [0.15, 0.2) is 5.78 Å². The van der Waals surface area contributed by atoms with Crippen molar-refractivity contribution in [2.24, 2.45) is 35.5 Å². The zero-order chi connectivity index (χ0) is 48.4.